The van der Waals surface area contributed by atoms with Crippen LogP contribution in [0.5, 0.6) is 0 Å². The summed E-state index contributed by atoms with van der Waals surface area (Å²) < 4.78 is 0. The molecule has 2 fully saturated rings. The zero-order chi connectivity index (χ0) is 20.3. The van der Waals surface area contributed by atoms with E-state index < -0.39 is 0 Å². The van der Waals surface area contributed by atoms with Crippen LogP contribution in [0.4, 0.5) is 0 Å². The van der Waals surface area contributed by atoms with Gasteiger partial charge in [-0.2, -0.15) is 0 Å². The maximum atomic E-state index is 12.5. The van der Waals surface area contributed by atoms with Crippen LogP contribution in [0.2, 0.25) is 0 Å². The van der Waals surface area contributed by atoms with Crippen molar-refractivity contribution in [2.75, 3.05) is 32.4 Å². The van der Waals surface area contributed by atoms with Crippen LogP contribution < -0.4 is 5.32 Å². The Balaban J connectivity index is 1.46. The van der Waals surface area contributed by atoms with Crippen molar-refractivity contribution in [3.8, 4) is 0 Å². The van der Waals surface area contributed by atoms with Gasteiger partial charge in [0.05, 0.1) is 23.2 Å². The first kappa shape index (κ1) is 21.2. The quantitative estimate of drug-likeness (QED) is 0.793. The van der Waals surface area contributed by atoms with Gasteiger partial charge in [-0.25, -0.2) is 0 Å². The lowest BCUT2D eigenvalue weighted by Gasteiger charge is -2.42. The van der Waals surface area contributed by atoms with Crippen molar-refractivity contribution in [3.05, 3.63) is 35.4 Å². The Kier molecular flexibility index (Phi) is 6.71. The van der Waals surface area contributed by atoms with E-state index in [0.29, 0.717) is 18.2 Å². The maximum Gasteiger partial charge on any atom is 0.234 e. The number of likely N-dealkylation sites (tertiary alicyclic amines) is 1. The molecule has 1 aromatic carbocycles. The number of thioether (sulfide) groups is 1. The normalized spacial score (nSPS) is 20.8. The van der Waals surface area contributed by atoms with Crippen LogP contribution in [0.1, 0.15) is 50.8 Å². The second kappa shape index (κ2) is 8.87. The van der Waals surface area contributed by atoms with Crippen molar-refractivity contribution in [3.63, 3.8) is 0 Å². The van der Waals surface area contributed by atoms with E-state index in [2.05, 4.69) is 48.3 Å². The molecule has 28 heavy (non-hydrogen) atoms. The lowest BCUT2D eigenvalue weighted by atomic mass is 10.00. The molecule has 1 aromatic rings. The van der Waals surface area contributed by atoms with E-state index in [4.69, 9.17) is 0 Å². The van der Waals surface area contributed by atoms with E-state index in [9.17, 15) is 9.59 Å². The van der Waals surface area contributed by atoms with Crippen LogP contribution in [0.25, 0.3) is 0 Å². The van der Waals surface area contributed by atoms with Gasteiger partial charge in [-0.1, -0.05) is 38.1 Å². The molecule has 2 heterocycles. The van der Waals surface area contributed by atoms with Crippen LogP contribution in [-0.4, -0.2) is 58.9 Å². The molecule has 5 nitrogen and oxygen atoms in total. The number of piperidine rings is 1. The minimum absolute atomic E-state index is 0.00544. The number of carbonyl (C=O) groups excluding carboxylic acids is 2. The van der Waals surface area contributed by atoms with Crippen LogP contribution in [-0.2, 0) is 16.0 Å². The Morgan fingerprint density at radius 1 is 1.18 bits per heavy atom. The highest BCUT2D eigenvalue weighted by molar-refractivity contribution is 8.01. The summed E-state index contributed by atoms with van der Waals surface area (Å²) in [5, 5.41) is 3.13. The summed E-state index contributed by atoms with van der Waals surface area (Å²) >= 11 is 1.76. The maximum absolute atomic E-state index is 12.5. The zero-order valence-electron chi connectivity index (χ0n) is 17.5. The average Bonchev–Trinajstić information content (AvgIpc) is 2.92. The van der Waals surface area contributed by atoms with Crippen molar-refractivity contribution >= 4 is 23.6 Å². The number of benzene rings is 1. The van der Waals surface area contributed by atoms with Crippen molar-refractivity contribution in [2.24, 2.45) is 5.92 Å². The number of amides is 2. The molecule has 2 amide bonds. The predicted octanol–water partition coefficient (Wildman–Crippen LogP) is 3.06. The van der Waals surface area contributed by atoms with E-state index >= 15 is 0 Å². The summed E-state index contributed by atoms with van der Waals surface area (Å²) in [4.78, 5) is 28.5. The largest absolute Gasteiger partial charge is 0.348 e. The molecule has 2 aliphatic heterocycles. The van der Waals surface area contributed by atoms with E-state index in [1.165, 1.54) is 5.56 Å². The minimum atomic E-state index is -0.0465. The molecule has 1 atom stereocenters. The second-order valence-corrected chi connectivity index (χ2v) is 9.93. The van der Waals surface area contributed by atoms with Gasteiger partial charge in [0.1, 0.15) is 0 Å². The third-order valence-corrected chi connectivity index (χ3v) is 7.57. The van der Waals surface area contributed by atoms with Crippen molar-refractivity contribution in [2.45, 2.75) is 50.9 Å². The highest BCUT2D eigenvalue weighted by Crippen LogP contribution is 2.43. The van der Waals surface area contributed by atoms with Gasteiger partial charge < -0.3 is 10.2 Å². The molecule has 2 saturated heterocycles. The SMILES string of the molecule is CC(C)Cc1ccc(C(C)NC(=O)CN2CCC3(CC2)SCC(=O)N3C)cc1. The van der Waals surface area contributed by atoms with Crippen molar-refractivity contribution in [1.82, 2.24) is 15.1 Å². The molecule has 6 heteroatoms. The topological polar surface area (TPSA) is 52.7 Å². The monoisotopic (exact) mass is 403 g/mol. The first-order chi connectivity index (χ1) is 13.3. The third-order valence-electron chi connectivity index (χ3n) is 5.96. The Bertz CT molecular complexity index is 696. The van der Waals surface area contributed by atoms with Gasteiger partial charge in [0.2, 0.25) is 11.8 Å². The van der Waals surface area contributed by atoms with Crippen LogP contribution in [0, 0.1) is 5.92 Å². The van der Waals surface area contributed by atoms with Gasteiger partial charge in [-0.05, 0) is 43.2 Å². The van der Waals surface area contributed by atoms with E-state index in [1.807, 2.05) is 18.9 Å². The van der Waals surface area contributed by atoms with Crippen LogP contribution >= 0.6 is 11.8 Å². The molecule has 0 aromatic heterocycles. The first-order valence-electron chi connectivity index (χ1n) is 10.3. The number of hydrogen-bond acceptors (Lipinski definition) is 4. The molecule has 1 spiro atoms. The van der Waals surface area contributed by atoms with Gasteiger partial charge in [0.25, 0.3) is 0 Å². The Labute approximate surface area is 173 Å². The first-order valence-corrected chi connectivity index (χ1v) is 11.3. The Hall–Kier alpha value is -1.53. The summed E-state index contributed by atoms with van der Waals surface area (Å²) in [6.07, 6.45) is 2.94. The summed E-state index contributed by atoms with van der Waals surface area (Å²) in [5.74, 6) is 1.53. The highest BCUT2D eigenvalue weighted by Gasteiger charge is 2.45. The van der Waals surface area contributed by atoms with Gasteiger partial charge in [-0.3, -0.25) is 14.5 Å². The molecule has 154 valence electrons. The molecular weight excluding hydrogens is 370 g/mol. The summed E-state index contributed by atoms with van der Waals surface area (Å²) in [7, 11) is 1.92. The highest BCUT2D eigenvalue weighted by atomic mass is 32.2. The summed E-state index contributed by atoms with van der Waals surface area (Å²) in [6, 6.07) is 8.58. The molecule has 0 radical (unpaired) electrons. The fourth-order valence-electron chi connectivity index (χ4n) is 4.14. The number of hydrogen-bond donors (Lipinski definition) is 1. The molecule has 2 aliphatic rings. The van der Waals surface area contributed by atoms with Crippen LogP contribution in [0.15, 0.2) is 24.3 Å². The van der Waals surface area contributed by atoms with E-state index in [-0.39, 0.29) is 22.7 Å². The van der Waals surface area contributed by atoms with E-state index in [1.54, 1.807) is 11.8 Å². The average molecular weight is 404 g/mol. The van der Waals surface area contributed by atoms with Crippen molar-refractivity contribution < 1.29 is 9.59 Å². The number of rotatable bonds is 6. The van der Waals surface area contributed by atoms with E-state index in [0.717, 1.165) is 37.9 Å². The lowest BCUT2D eigenvalue weighted by Crippen LogP contribution is -2.51. The standard InChI is InChI=1S/C22H33N3O2S/c1-16(2)13-18-5-7-19(8-6-18)17(3)23-20(26)14-25-11-9-22(10-12-25)24(4)21(27)15-28-22/h5-8,16-17H,9-15H2,1-4H3,(H,23,26). The van der Waals surface area contributed by atoms with Crippen molar-refractivity contribution in [1.29, 1.82) is 0 Å². The van der Waals surface area contributed by atoms with Gasteiger partial charge in [0.15, 0.2) is 0 Å². The molecular formula is C22H33N3O2S. The molecule has 3 rings (SSSR count). The van der Waals surface area contributed by atoms with Crippen LogP contribution in [0.3, 0.4) is 0 Å². The fraction of sp³-hybridized carbons (Fsp3) is 0.636. The molecule has 1 N–H and O–H groups in total. The van der Waals surface area contributed by atoms with Gasteiger partial charge in [0, 0.05) is 20.1 Å². The zero-order valence-corrected chi connectivity index (χ0v) is 18.3. The number of nitrogens with zero attached hydrogens (tertiary/aromatic N) is 2. The molecule has 0 saturated carbocycles. The molecule has 0 bridgehead atoms. The molecule has 0 aliphatic carbocycles. The minimum Gasteiger partial charge on any atom is -0.348 e. The van der Waals surface area contributed by atoms with Gasteiger partial charge in [-0.15, -0.1) is 11.8 Å². The summed E-state index contributed by atoms with van der Waals surface area (Å²) in [5.41, 5.74) is 2.48. The fourth-order valence-corrected chi connectivity index (χ4v) is 5.50. The second-order valence-electron chi connectivity index (χ2n) is 8.59. The number of carbonyl (C=O) groups is 2. The lowest BCUT2D eigenvalue weighted by molar-refractivity contribution is -0.130. The number of nitrogens with one attached hydrogen (secondary N) is 1. The Morgan fingerprint density at radius 2 is 1.82 bits per heavy atom. The Morgan fingerprint density at radius 3 is 2.36 bits per heavy atom. The molecule has 1 unspecified atom stereocenters. The predicted molar refractivity (Wildman–Crippen MR) is 115 cm³/mol. The smallest absolute Gasteiger partial charge is 0.234 e. The summed E-state index contributed by atoms with van der Waals surface area (Å²) in [6.45, 7) is 8.62. The third kappa shape index (κ3) is 4.90. The van der Waals surface area contributed by atoms with Gasteiger partial charge >= 0.3 is 0 Å².